The fraction of sp³-hybridized carbons (Fsp3) is 0.357. The summed E-state index contributed by atoms with van der Waals surface area (Å²) in [5.41, 5.74) is 21.3. The highest BCUT2D eigenvalue weighted by Gasteiger charge is 2.49. The molecule has 9 nitrogen and oxygen atoms in total. The van der Waals surface area contributed by atoms with Crippen molar-refractivity contribution in [1.82, 2.24) is 15.2 Å². The Morgan fingerprint density at radius 1 is 1.32 bits per heavy atom. The second-order valence-electron chi connectivity index (χ2n) is 10.3. The van der Waals surface area contributed by atoms with Crippen LogP contribution in [0.15, 0.2) is 43.1 Å². The molecular weight excluding hydrogens is 500 g/mol. The number of benzene rings is 1. The molecule has 198 valence electrons. The van der Waals surface area contributed by atoms with Gasteiger partial charge in [0.25, 0.3) is 5.91 Å². The zero-order chi connectivity index (χ0) is 27.4. The van der Waals surface area contributed by atoms with Crippen molar-refractivity contribution in [3.05, 3.63) is 70.4 Å². The Morgan fingerprint density at radius 3 is 2.79 bits per heavy atom. The quantitative estimate of drug-likeness (QED) is 0.291. The zero-order valence-corrected chi connectivity index (χ0v) is 22.3. The second-order valence-corrected chi connectivity index (χ2v) is 11.3. The lowest BCUT2D eigenvalue weighted by molar-refractivity contribution is -0.127. The molecule has 3 atom stereocenters. The first-order chi connectivity index (χ1) is 18.1. The van der Waals surface area contributed by atoms with Gasteiger partial charge in [-0.1, -0.05) is 26.5 Å². The first kappa shape index (κ1) is 26.0. The van der Waals surface area contributed by atoms with E-state index in [4.69, 9.17) is 17.2 Å². The molecule has 0 saturated carbocycles. The molecule has 38 heavy (non-hydrogen) atoms. The number of nitrogens with one attached hydrogen (secondary N) is 1. The van der Waals surface area contributed by atoms with E-state index >= 15 is 0 Å². The van der Waals surface area contributed by atoms with Crippen LogP contribution in [0, 0.1) is 0 Å². The van der Waals surface area contributed by atoms with E-state index in [0.29, 0.717) is 50.4 Å². The minimum absolute atomic E-state index is 0.141. The van der Waals surface area contributed by atoms with Gasteiger partial charge in [0, 0.05) is 47.7 Å². The van der Waals surface area contributed by atoms with E-state index < -0.39 is 17.4 Å². The predicted octanol–water partition coefficient (Wildman–Crippen LogP) is 2.69. The number of Topliss-reactive ketones (excluding diaryl/α,β-unsaturated/α-hetero) is 1. The molecule has 3 aromatic rings. The molecule has 0 radical (unpaired) electrons. The van der Waals surface area contributed by atoms with Crippen LogP contribution < -0.4 is 22.5 Å². The summed E-state index contributed by atoms with van der Waals surface area (Å²) in [5, 5.41) is 3.70. The van der Waals surface area contributed by atoms with E-state index in [1.807, 2.05) is 19.9 Å². The molecule has 0 spiro atoms. The van der Waals surface area contributed by atoms with Crippen LogP contribution >= 0.6 is 11.3 Å². The van der Waals surface area contributed by atoms with Crippen LogP contribution in [0.2, 0.25) is 0 Å². The lowest BCUT2D eigenvalue weighted by Crippen LogP contribution is -2.53. The standard InChI is InChI=1S/C28H32N6O3S/c1-4-20(35)34-11-5-6-16(13-34)33-27(37)25-22-21-17(7-8-18(29)24(21)38-25)28(31,26(36)23(22)30)15-9-10-32-19(12-15)14(2)3/h4,7-10,12,14,16,23H,1,5-6,11,13,29-31H2,2-3H3,(H,33,37). The molecule has 1 saturated heterocycles. The van der Waals surface area contributed by atoms with Crippen LogP contribution in [-0.4, -0.2) is 46.6 Å². The van der Waals surface area contributed by atoms with Gasteiger partial charge >= 0.3 is 0 Å². The van der Waals surface area contributed by atoms with E-state index in [0.717, 1.165) is 18.5 Å². The summed E-state index contributed by atoms with van der Waals surface area (Å²) in [4.78, 5) is 46.1. The third-order valence-electron chi connectivity index (χ3n) is 7.59. The van der Waals surface area contributed by atoms with Gasteiger partial charge < -0.3 is 27.4 Å². The Hall–Kier alpha value is -3.60. The topological polar surface area (TPSA) is 157 Å². The van der Waals surface area contributed by atoms with E-state index in [1.165, 1.54) is 17.4 Å². The Kier molecular flexibility index (Phi) is 6.58. The summed E-state index contributed by atoms with van der Waals surface area (Å²) in [5.74, 6) is -0.767. The molecule has 5 rings (SSSR count). The molecule has 2 aromatic heterocycles. The van der Waals surface area contributed by atoms with Gasteiger partial charge in [0.05, 0.1) is 15.6 Å². The van der Waals surface area contributed by atoms with Gasteiger partial charge in [-0.2, -0.15) is 0 Å². The molecule has 1 fully saturated rings. The Bertz CT molecular complexity index is 1480. The minimum atomic E-state index is -1.52. The van der Waals surface area contributed by atoms with Crippen LogP contribution in [0.25, 0.3) is 10.1 Å². The van der Waals surface area contributed by atoms with Crippen LogP contribution in [-0.2, 0) is 15.1 Å². The Labute approximate surface area is 225 Å². The zero-order valence-electron chi connectivity index (χ0n) is 21.5. The number of hydrogen-bond donors (Lipinski definition) is 4. The van der Waals surface area contributed by atoms with Crippen molar-refractivity contribution in [3.63, 3.8) is 0 Å². The van der Waals surface area contributed by atoms with Crippen molar-refractivity contribution in [2.75, 3.05) is 18.8 Å². The summed E-state index contributed by atoms with van der Waals surface area (Å²) in [6, 6.07) is 5.71. The van der Waals surface area contributed by atoms with Crippen molar-refractivity contribution in [1.29, 1.82) is 0 Å². The lowest BCUT2D eigenvalue weighted by atomic mass is 9.70. The number of piperidine rings is 1. The molecule has 0 bridgehead atoms. The highest BCUT2D eigenvalue weighted by atomic mass is 32.1. The van der Waals surface area contributed by atoms with Gasteiger partial charge in [0.2, 0.25) is 5.91 Å². The van der Waals surface area contributed by atoms with Gasteiger partial charge in [-0.15, -0.1) is 11.3 Å². The van der Waals surface area contributed by atoms with Gasteiger partial charge in [0.15, 0.2) is 5.78 Å². The number of hydrogen-bond acceptors (Lipinski definition) is 8. The number of thiophene rings is 1. The predicted molar refractivity (Wildman–Crippen MR) is 149 cm³/mol. The fourth-order valence-corrected chi connectivity index (χ4v) is 6.73. The van der Waals surface area contributed by atoms with Crippen molar-refractivity contribution in [3.8, 4) is 0 Å². The first-order valence-corrected chi connectivity index (χ1v) is 13.5. The van der Waals surface area contributed by atoms with Crippen LogP contribution in [0.1, 0.15) is 70.7 Å². The average Bonchev–Trinajstić information content (AvgIpc) is 3.33. The first-order valence-electron chi connectivity index (χ1n) is 12.7. The number of nitrogen functional groups attached to an aromatic ring is 1. The van der Waals surface area contributed by atoms with Gasteiger partial charge in [0.1, 0.15) is 5.54 Å². The minimum Gasteiger partial charge on any atom is -0.398 e. The van der Waals surface area contributed by atoms with Crippen molar-refractivity contribution in [2.45, 2.75) is 50.2 Å². The highest BCUT2D eigenvalue weighted by Crippen LogP contribution is 2.49. The number of pyridine rings is 1. The molecule has 7 N–H and O–H groups in total. The second kappa shape index (κ2) is 9.61. The van der Waals surface area contributed by atoms with Gasteiger partial charge in [-0.3, -0.25) is 19.4 Å². The summed E-state index contributed by atoms with van der Waals surface area (Å²) in [6.45, 7) is 8.60. The number of nitrogens with two attached hydrogens (primary N) is 3. The Balaban J connectivity index is 1.60. The van der Waals surface area contributed by atoms with Crippen molar-refractivity contribution >= 4 is 44.7 Å². The average molecular weight is 533 g/mol. The highest BCUT2D eigenvalue weighted by molar-refractivity contribution is 7.21. The summed E-state index contributed by atoms with van der Waals surface area (Å²) < 4.78 is 0.672. The molecule has 2 amide bonds. The number of carbonyl (C=O) groups excluding carboxylic acids is 3. The lowest BCUT2D eigenvalue weighted by Gasteiger charge is -2.37. The Morgan fingerprint density at radius 2 is 2.08 bits per heavy atom. The third-order valence-corrected chi connectivity index (χ3v) is 8.84. The van der Waals surface area contributed by atoms with Crippen LogP contribution in [0.3, 0.4) is 0 Å². The number of likely N-dealkylation sites (tertiary alicyclic amines) is 1. The number of rotatable bonds is 5. The maximum Gasteiger partial charge on any atom is 0.262 e. The number of carbonyl (C=O) groups is 3. The van der Waals surface area contributed by atoms with E-state index in [-0.39, 0.29) is 23.8 Å². The van der Waals surface area contributed by atoms with E-state index in [2.05, 4.69) is 16.9 Å². The maximum absolute atomic E-state index is 13.9. The summed E-state index contributed by atoms with van der Waals surface area (Å²) in [7, 11) is 0. The van der Waals surface area contributed by atoms with Crippen molar-refractivity contribution < 1.29 is 14.4 Å². The summed E-state index contributed by atoms with van der Waals surface area (Å²) >= 11 is 1.21. The molecule has 3 unspecified atom stereocenters. The number of amides is 2. The number of anilines is 1. The third kappa shape index (κ3) is 4.00. The molecule has 10 heteroatoms. The number of ketones is 1. The van der Waals surface area contributed by atoms with Gasteiger partial charge in [-0.25, -0.2) is 0 Å². The monoisotopic (exact) mass is 532 g/mol. The largest absolute Gasteiger partial charge is 0.398 e. The fourth-order valence-electron chi connectivity index (χ4n) is 5.53. The molecule has 2 aliphatic rings. The van der Waals surface area contributed by atoms with Crippen molar-refractivity contribution in [2.24, 2.45) is 11.5 Å². The van der Waals surface area contributed by atoms with Crippen LogP contribution in [0.4, 0.5) is 5.69 Å². The molecule has 1 aliphatic heterocycles. The van der Waals surface area contributed by atoms with Gasteiger partial charge in [-0.05, 0) is 54.2 Å². The van der Waals surface area contributed by atoms with E-state index in [9.17, 15) is 14.4 Å². The normalized spacial score (nSPS) is 23.1. The molecular formula is C28H32N6O3S. The molecule has 1 aliphatic carbocycles. The summed E-state index contributed by atoms with van der Waals surface area (Å²) in [6.07, 6.45) is 4.43. The number of aromatic nitrogens is 1. The van der Waals surface area contributed by atoms with Crippen LogP contribution in [0.5, 0.6) is 0 Å². The molecule has 3 heterocycles. The molecule has 1 aromatic carbocycles. The maximum atomic E-state index is 13.9. The SMILES string of the molecule is C=CC(=O)N1CCCC(NC(=O)c2sc3c(N)ccc4c3c2C(N)C(=O)C4(N)c2ccnc(C(C)C)c2)C1. The number of nitrogens with zero attached hydrogens (tertiary/aromatic N) is 2. The smallest absolute Gasteiger partial charge is 0.262 e. The van der Waals surface area contributed by atoms with E-state index in [1.54, 1.807) is 29.3 Å².